The third-order valence-corrected chi connectivity index (χ3v) is 4.66. The molecule has 0 aliphatic carbocycles. The fraction of sp³-hybridized carbons (Fsp3) is 0.500. The maximum atomic E-state index is 6.05. The van der Waals surface area contributed by atoms with Gasteiger partial charge in [-0.2, -0.15) is 0 Å². The van der Waals surface area contributed by atoms with Gasteiger partial charge in [0, 0.05) is 11.3 Å². The predicted octanol–water partition coefficient (Wildman–Crippen LogP) is 3.03. The number of nitrogens with two attached hydrogens (primary N) is 1. The van der Waals surface area contributed by atoms with Crippen LogP contribution < -0.4 is 5.73 Å². The van der Waals surface area contributed by atoms with Crippen LogP contribution >= 0.6 is 23.6 Å². The number of anilines is 1. The lowest BCUT2D eigenvalue weighted by molar-refractivity contribution is 0.00203. The molecule has 0 aromatic carbocycles. The Hall–Kier alpha value is -0.980. The number of rotatable bonds is 1. The molecule has 18 heavy (non-hydrogen) atoms. The molecule has 0 amide bonds. The molecule has 0 saturated carbocycles. The van der Waals surface area contributed by atoms with Crippen LogP contribution in [0.4, 0.5) is 5.82 Å². The van der Waals surface area contributed by atoms with Crippen molar-refractivity contribution in [3.8, 4) is 0 Å². The molecule has 0 unspecified atom stereocenters. The van der Waals surface area contributed by atoms with E-state index >= 15 is 0 Å². The molecule has 0 radical (unpaired) electrons. The lowest BCUT2D eigenvalue weighted by Crippen LogP contribution is -2.26. The molecule has 0 saturated heterocycles. The molecule has 0 spiro atoms. The van der Waals surface area contributed by atoms with Gasteiger partial charge in [-0.15, -0.1) is 11.3 Å². The second-order valence-electron chi connectivity index (χ2n) is 4.94. The van der Waals surface area contributed by atoms with Crippen molar-refractivity contribution in [1.82, 2.24) is 9.97 Å². The second-order valence-corrected chi connectivity index (χ2v) is 6.41. The van der Waals surface area contributed by atoms with E-state index in [-0.39, 0.29) is 6.10 Å². The standard InChI is InChI=1S/C12H15N3OS2/c1-5(2)7-3-6-8(4-16-7)18-11-9(6)10(13)14-12(17)15-11/h5,7H,3-4H2,1-2H3,(H3,13,14,15,17)/t7-/m0/s1. The van der Waals surface area contributed by atoms with Crippen molar-refractivity contribution in [3.63, 3.8) is 0 Å². The minimum atomic E-state index is 0.262. The first-order chi connectivity index (χ1) is 8.56. The van der Waals surface area contributed by atoms with Gasteiger partial charge < -0.3 is 15.5 Å². The van der Waals surface area contributed by atoms with E-state index in [1.54, 1.807) is 11.3 Å². The molecular formula is C12H15N3OS2. The first-order valence-electron chi connectivity index (χ1n) is 5.98. The Morgan fingerprint density at radius 2 is 2.33 bits per heavy atom. The predicted molar refractivity (Wildman–Crippen MR) is 76.3 cm³/mol. The SMILES string of the molecule is CC(C)[C@@H]1Cc2c(sc3nc(=S)[nH]c(N)c23)CO1. The number of ether oxygens (including phenoxy) is 1. The molecule has 0 fully saturated rings. The van der Waals surface area contributed by atoms with E-state index in [2.05, 4.69) is 23.8 Å². The number of nitrogens with one attached hydrogen (secondary N) is 1. The Kier molecular flexibility index (Phi) is 2.88. The summed E-state index contributed by atoms with van der Waals surface area (Å²) >= 11 is 6.70. The van der Waals surface area contributed by atoms with Gasteiger partial charge >= 0.3 is 0 Å². The number of H-pyrrole nitrogens is 1. The summed E-state index contributed by atoms with van der Waals surface area (Å²) in [6.07, 6.45) is 1.17. The van der Waals surface area contributed by atoms with Gasteiger partial charge in [0.1, 0.15) is 10.6 Å². The van der Waals surface area contributed by atoms with Gasteiger partial charge in [0.05, 0.1) is 18.1 Å². The summed E-state index contributed by atoms with van der Waals surface area (Å²) in [6, 6.07) is 0. The molecule has 3 rings (SSSR count). The summed E-state index contributed by atoms with van der Waals surface area (Å²) in [5, 5.41) is 1.04. The smallest absolute Gasteiger partial charge is 0.199 e. The normalized spacial score (nSPS) is 19.4. The number of nitrogens with zero attached hydrogens (tertiary/aromatic N) is 1. The zero-order valence-electron chi connectivity index (χ0n) is 10.3. The van der Waals surface area contributed by atoms with Crippen LogP contribution in [0.2, 0.25) is 0 Å². The summed E-state index contributed by atoms with van der Waals surface area (Å²) in [7, 11) is 0. The third-order valence-electron chi connectivity index (χ3n) is 3.36. The molecule has 3 N–H and O–H groups in total. The van der Waals surface area contributed by atoms with Gasteiger partial charge in [-0.1, -0.05) is 13.8 Å². The minimum Gasteiger partial charge on any atom is -0.385 e. The van der Waals surface area contributed by atoms with Crippen molar-refractivity contribution >= 4 is 39.6 Å². The van der Waals surface area contributed by atoms with Crippen LogP contribution in [-0.4, -0.2) is 16.1 Å². The number of hydrogen-bond acceptors (Lipinski definition) is 5. The molecule has 3 heterocycles. The Morgan fingerprint density at radius 1 is 1.56 bits per heavy atom. The molecule has 0 bridgehead atoms. The van der Waals surface area contributed by atoms with Crippen LogP contribution in [-0.2, 0) is 17.8 Å². The second kappa shape index (κ2) is 4.29. The van der Waals surface area contributed by atoms with Crippen molar-refractivity contribution in [2.75, 3.05) is 5.73 Å². The van der Waals surface area contributed by atoms with Crippen molar-refractivity contribution in [1.29, 1.82) is 0 Å². The average Bonchev–Trinajstić information content (AvgIpc) is 2.65. The summed E-state index contributed by atoms with van der Waals surface area (Å²) in [5.74, 6) is 1.14. The fourth-order valence-electron chi connectivity index (χ4n) is 2.36. The lowest BCUT2D eigenvalue weighted by Gasteiger charge is -2.26. The van der Waals surface area contributed by atoms with Crippen molar-refractivity contribution in [2.45, 2.75) is 33.0 Å². The van der Waals surface area contributed by atoms with E-state index in [1.807, 2.05) is 0 Å². The fourth-order valence-corrected chi connectivity index (χ4v) is 3.76. The van der Waals surface area contributed by atoms with E-state index in [4.69, 9.17) is 22.7 Å². The first kappa shape index (κ1) is 12.1. The summed E-state index contributed by atoms with van der Waals surface area (Å²) in [4.78, 5) is 9.45. The summed E-state index contributed by atoms with van der Waals surface area (Å²) in [6.45, 7) is 5.02. The number of hydrogen-bond donors (Lipinski definition) is 2. The van der Waals surface area contributed by atoms with Crippen molar-refractivity contribution < 1.29 is 4.74 Å². The van der Waals surface area contributed by atoms with Gasteiger partial charge in [0.2, 0.25) is 0 Å². The number of thiophene rings is 1. The highest BCUT2D eigenvalue weighted by Gasteiger charge is 2.26. The average molecular weight is 281 g/mol. The molecule has 1 aliphatic rings. The molecular weight excluding hydrogens is 266 g/mol. The number of aromatic amines is 1. The Labute approximate surface area is 114 Å². The summed E-state index contributed by atoms with van der Waals surface area (Å²) in [5.41, 5.74) is 7.34. The van der Waals surface area contributed by atoms with Crippen LogP contribution in [0.5, 0.6) is 0 Å². The van der Waals surface area contributed by atoms with E-state index in [0.29, 0.717) is 23.1 Å². The number of nitrogen functional groups attached to an aromatic ring is 1. The Balaban J connectivity index is 2.18. The zero-order chi connectivity index (χ0) is 12.9. The van der Waals surface area contributed by atoms with E-state index in [1.165, 1.54) is 10.4 Å². The zero-order valence-corrected chi connectivity index (χ0v) is 12.0. The maximum absolute atomic E-state index is 6.05. The molecule has 2 aromatic rings. The topological polar surface area (TPSA) is 63.9 Å². The van der Waals surface area contributed by atoms with E-state index in [0.717, 1.165) is 16.6 Å². The van der Waals surface area contributed by atoms with Gasteiger partial charge in [-0.3, -0.25) is 0 Å². The number of aromatic nitrogens is 2. The third kappa shape index (κ3) is 1.84. The quantitative estimate of drug-likeness (QED) is 0.789. The van der Waals surface area contributed by atoms with Crippen LogP contribution in [0.25, 0.3) is 10.2 Å². The van der Waals surface area contributed by atoms with Gasteiger partial charge in [-0.05, 0) is 23.7 Å². The van der Waals surface area contributed by atoms with E-state index in [9.17, 15) is 0 Å². The Morgan fingerprint density at radius 3 is 3.06 bits per heavy atom. The molecule has 1 atom stereocenters. The lowest BCUT2D eigenvalue weighted by atomic mass is 9.96. The molecule has 4 nitrogen and oxygen atoms in total. The molecule has 96 valence electrons. The first-order valence-corrected chi connectivity index (χ1v) is 7.20. The molecule has 1 aliphatic heterocycles. The van der Waals surface area contributed by atoms with Crippen molar-refractivity contribution in [2.24, 2.45) is 5.92 Å². The van der Waals surface area contributed by atoms with Crippen LogP contribution in [0, 0.1) is 10.7 Å². The van der Waals surface area contributed by atoms with Gasteiger partial charge in [-0.25, -0.2) is 4.98 Å². The maximum Gasteiger partial charge on any atom is 0.199 e. The Bertz CT molecular complexity index is 659. The van der Waals surface area contributed by atoms with Crippen LogP contribution in [0.15, 0.2) is 0 Å². The highest BCUT2D eigenvalue weighted by molar-refractivity contribution is 7.71. The van der Waals surface area contributed by atoms with E-state index < -0.39 is 0 Å². The molecule has 2 aromatic heterocycles. The van der Waals surface area contributed by atoms with Crippen LogP contribution in [0.1, 0.15) is 24.3 Å². The van der Waals surface area contributed by atoms with Crippen LogP contribution in [0.3, 0.4) is 0 Å². The highest BCUT2D eigenvalue weighted by Crippen LogP contribution is 2.38. The number of fused-ring (bicyclic) bond motifs is 3. The van der Waals surface area contributed by atoms with Gasteiger partial charge in [0.15, 0.2) is 4.77 Å². The largest absolute Gasteiger partial charge is 0.385 e. The molecule has 6 heteroatoms. The highest BCUT2D eigenvalue weighted by atomic mass is 32.1. The summed E-state index contributed by atoms with van der Waals surface area (Å²) < 4.78 is 6.32. The van der Waals surface area contributed by atoms with Gasteiger partial charge in [0.25, 0.3) is 0 Å². The minimum absolute atomic E-state index is 0.262. The monoisotopic (exact) mass is 281 g/mol. The van der Waals surface area contributed by atoms with Crippen molar-refractivity contribution in [3.05, 3.63) is 15.2 Å².